The molecular formula is C15H14N2O3. The maximum Gasteiger partial charge on any atom is 0.307 e. The van der Waals surface area contributed by atoms with Gasteiger partial charge in [0.2, 0.25) is 0 Å². The smallest absolute Gasteiger partial charge is 0.307 e. The highest BCUT2D eigenvalue weighted by atomic mass is 16.5. The summed E-state index contributed by atoms with van der Waals surface area (Å²) in [6, 6.07) is 9.65. The van der Waals surface area contributed by atoms with Crippen LogP contribution in [0.1, 0.15) is 17.0 Å². The lowest BCUT2D eigenvalue weighted by molar-refractivity contribution is -0.136. The number of carbonyl (C=O) groups is 1. The van der Waals surface area contributed by atoms with E-state index in [0.717, 1.165) is 27.9 Å². The van der Waals surface area contributed by atoms with E-state index in [4.69, 9.17) is 9.63 Å². The fourth-order valence-corrected chi connectivity index (χ4v) is 2.42. The van der Waals surface area contributed by atoms with Gasteiger partial charge in [-0.25, -0.2) is 0 Å². The summed E-state index contributed by atoms with van der Waals surface area (Å²) >= 11 is 0. The number of aromatic nitrogens is 2. The Bertz CT molecular complexity index is 770. The summed E-state index contributed by atoms with van der Waals surface area (Å²) in [5.41, 5.74) is 2.64. The second-order valence-corrected chi connectivity index (χ2v) is 4.80. The molecule has 0 amide bonds. The van der Waals surface area contributed by atoms with Gasteiger partial charge in [-0.2, -0.15) is 0 Å². The first-order chi connectivity index (χ1) is 9.63. The minimum Gasteiger partial charge on any atom is -0.481 e. The molecule has 5 nitrogen and oxygen atoms in total. The van der Waals surface area contributed by atoms with Crippen LogP contribution in [0.25, 0.3) is 10.9 Å². The van der Waals surface area contributed by atoms with E-state index in [0.29, 0.717) is 6.54 Å². The van der Waals surface area contributed by atoms with Gasteiger partial charge in [0.05, 0.1) is 18.7 Å². The van der Waals surface area contributed by atoms with Gasteiger partial charge in [0.25, 0.3) is 0 Å². The molecule has 0 unspecified atom stereocenters. The lowest BCUT2D eigenvalue weighted by Crippen LogP contribution is -1.99. The highest BCUT2D eigenvalue weighted by Gasteiger charge is 2.12. The van der Waals surface area contributed by atoms with Crippen LogP contribution in [0.4, 0.5) is 0 Å². The standard InChI is InChI=1S/C15H14N2O3/c1-10-6-12(20-16-10)9-17-8-11(7-15(18)19)13-4-2-3-5-14(13)17/h2-6,8H,7,9H2,1H3,(H,18,19). The molecule has 3 aromatic rings. The average Bonchev–Trinajstić information content (AvgIpc) is 2.95. The van der Waals surface area contributed by atoms with Gasteiger partial charge in [-0.05, 0) is 18.6 Å². The Morgan fingerprint density at radius 2 is 2.20 bits per heavy atom. The quantitative estimate of drug-likeness (QED) is 0.791. The van der Waals surface area contributed by atoms with Crippen LogP contribution in [0.2, 0.25) is 0 Å². The number of hydrogen-bond donors (Lipinski definition) is 1. The van der Waals surface area contributed by atoms with Crippen molar-refractivity contribution in [1.82, 2.24) is 9.72 Å². The van der Waals surface area contributed by atoms with Crippen molar-refractivity contribution < 1.29 is 14.4 Å². The molecular weight excluding hydrogens is 256 g/mol. The molecule has 0 aliphatic carbocycles. The third-order valence-corrected chi connectivity index (χ3v) is 3.22. The number of nitrogens with zero attached hydrogens (tertiary/aromatic N) is 2. The SMILES string of the molecule is Cc1cc(Cn2cc(CC(=O)O)c3ccccc32)on1. The van der Waals surface area contributed by atoms with E-state index >= 15 is 0 Å². The van der Waals surface area contributed by atoms with E-state index in [2.05, 4.69) is 5.16 Å². The van der Waals surface area contributed by atoms with E-state index in [1.807, 2.05) is 48.0 Å². The molecule has 1 N–H and O–H groups in total. The highest BCUT2D eigenvalue weighted by Crippen LogP contribution is 2.23. The zero-order valence-electron chi connectivity index (χ0n) is 11.0. The number of carboxylic acid groups (broad SMARTS) is 1. The monoisotopic (exact) mass is 270 g/mol. The van der Waals surface area contributed by atoms with Gasteiger partial charge in [-0.1, -0.05) is 23.4 Å². The van der Waals surface area contributed by atoms with Gasteiger partial charge >= 0.3 is 5.97 Å². The average molecular weight is 270 g/mol. The molecule has 0 radical (unpaired) electrons. The van der Waals surface area contributed by atoms with Crippen molar-refractivity contribution >= 4 is 16.9 Å². The maximum absolute atomic E-state index is 10.9. The van der Waals surface area contributed by atoms with E-state index in [9.17, 15) is 4.79 Å². The summed E-state index contributed by atoms with van der Waals surface area (Å²) < 4.78 is 7.21. The highest BCUT2D eigenvalue weighted by molar-refractivity contribution is 5.87. The molecule has 0 saturated carbocycles. The van der Waals surface area contributed by atoms with Crippen LogP contribution < -0.4 is 0 Å². The van der Waals surface area contributed by atoms with Crippen LogP contribution in [-0.4, -0.2) is 20.8 Å². The Morgan fingerprint density at radius 3 is 2.90 bits per heavy atom. The molecule has 0 atom stereocenters. The minimum atomic E-state index is -0.830. The first kappa shape index (κ1) is 12.5. The first-order valence-electron chi connectivity index (χ1n) is 6.34. The third kappa shape index (κ3) is 2.30. The topological polar surface area (TPSA) is 68.3 Å². The van der Waals surface area contributed by atoms with Gasteiger partial charge in [0.15, 0.2) is 5.76 Å². The second-order valence-electron chi connectivity index (χ2n) is 4.80. The lowest BCUT2D eigenvalue weighted by Gasteiger charge is -2.01. The Hall–Kier alpha value is -2.56. The van der Waals surface area contributed by atoms with Crippen molar-refractivity contribution in [1.29, 1.82) is 0 Å². The van der Waals surface area contributed by atoms with Gasteiger partial charge in [0.1, 0.15) is 0 Å². The summed E-state index contributed by atoms with van der Waals surface area (Å²) in [4.78, 5) is 10.9. The largest absolute Gasteiger partial charge is 0.481 e. The van der Waals surface area contributed by atoms with Gasteiger partial charge in [-0.3, -0.25) is 4.79 Å². The molecule has 0 aliphatic heterocycles. The Kier molecular flexibility index (Phi) is 3.02. The van der Waals surface area contributed by atoms with Crippen LogP contribution in [0.3, 0.4) is 0 Å². The predicted octanol–water partition coefficient (Wildman–Crippen LogP) is 2.61. The number of fused-ring (bicyclic) bond motifs is 1. The van der Waals surface area contributed by atoms with Crippen LogP contribution in [0.15, 0.2) is 41.1 Å². The second kappa shape index (κ2) is 4.85. The number of para-hydroxylation sites is 1. The van der Waals surface area contributed by atoms with Crippen molar-refractivity contribution in [3.05, 3.63) is 53.5 Å². The molecule has 2 aromatic heterocycles. The fourth-order valence-electron chi connectivity index (χ4n) is 2.42. The van der Waals surface area contributed by atoms with Crippen molar-refractivity contribution in [2.24, 2.45) is 0 Å². The Labute approximate surface area is 115 Å². The number of hydrogen-bond acceptors (Lipinski definition) is 3. The lowest BCUT2D eigenvalue weighted by atomic mass is 10.1. The first-order valence-corrected chi connectivity index (χ1v) is 6.34. The van der Waals surface area contributed by atoms with Gasteiger partial charge < -0.3 is 14.2 Å². The van der Waals surface area contributed by atoms with E-state index < -0.39 is 5.97 Å². The number of rotatable bonds is 4. The van der Waals surface area contributed by atoms with Crippen molar-refractivity contribution in [2.45, 2.75) is 19.9 Å². The fraction of sp³-hybridized carbons (Fsp3) is 0.200. The molecule has 2 heterocycles. The Balaban J connectivity index is 2.04. The molecule has 1 aromatic carbocycles. The predicted molar refractivity (Wildman–Crippen MR) is 73.6 cm³/mol. The molecule has 0 fully saturated rings. The number of aryl methyl sites for hydroxylation is 1. The summed E-state index contributed by atoms with van der Waals surface area (Å²) in [5, 5.41) is 13.8. The molecule has 0 spiro atoms. The van der Waals surface area contributed by atoms with Gasteiger partial charge in [-0.15, -0.1) is 0 Å². The molecule has 3 rings (SSSR count). The zero-order chi connectivity index (χ0) is 14.1. The molecule has 0 saturated heterocycles. The van der Waals surface area contributed by atoms with Crippen LogP contribution in [0.5, 0.6) is 0 Å². The Morgan fingerprint density at radius 1 is 1.40 bits per heavy atom. The van der Waals surface area contributed by atoms with Gasteiger partial charge in [0, 0.05) is 23.2 Å². The third-order valence-electron chi connectivity index (χ3n) is 3.22. The summed E-state index contributed by atoms with van der Waals surface area (Å²) in [6.07, 6.45) is 1.89. The molecule has 20 heavy (non-hydrogen) atoms. The van der Waals surface area contributed by atoms with Crippen molar-refractivity contribution in [2.75, 3.05) is 0 Å². The van der Waals surface area contributed by atoms with Crippen molar-refractivity contribution in [3.8, 4) is 0 Å². The summed E-state index contributed by atoms with van der Waals surface area (Å²) in [6.45, 7) is 2.41. The van der Waals surface area contributed by atoms with E-state index in [-0.39, 0.29) is 6.42 Å². The van der Waals surface area contributed by atoms with Crippen LogP contribution >= 0.6 is 0 Å². The number of carboxylic acids is 1. The molecule has 102 valence electrons. The molecule has 0 bridgehead atoms. The van der Waals surface area contributed by atoms with E-state index in [1.54, 1.807) is 0 Å². The normalized spacial score (nSPS) is 11.1. The molecule has 0 aliphatic rings. The maximum atomic E-state index is 10.9. The zero-order valence-corrected chi connectivity index (χ0v) is 11.0. The summed E-state index contributed by atoms with van der Waals surface area (Å²) in [5.74, 6) is -0.0754. The number of benzene rings is 1. The van der Waals surface area contributed by atoms with Crippen LogP contribution in [0, 0.1) is 6.92 Å². The van der Waals surface area contributed by atoms with Crippen LogP contribution in [-0.2, 0) is 17.8 Å². The molecule has 5 heteroatoms. The summed E-state index contributed by atoms with van der Waals surface area (Å²) in [7, 11) is 0. The minimum absolute atomic E-state index is 0.0168. The van der Waals surface area contributed by atoms with E-state index in [1.165, 1.54) is 0 Å². The van der Waals surface area contributed by atoms with Crippen molar-refractivity contribution in [3.63, 3.8) is 0 Å². The number of aliphatic carboxylic acids is 1.